The molecule has 0 radical (unpaired) electrons. The predicted octanol–water partition coefficient (Wildman–Crippen LogP) is -0.489. The molecule has 1 aromatic heterocycles. The van der Waals surface area contributed by atoms with Crippen LogP contribution in [0.5, 0.6) is 0 Å². The van der Waals surface area contributed by atoms with Gasteiger partial charge in [0, 0.05) is 18.5 Å². The third kappa shape index (κ3) is 9.74. The van der Waals surface area contributed by atoms with Gasteiger partial charge in [-0.1, -0.05) is 34.6 Å². The standard InChI is InChI=1S/C20H24N6O7S.CH4O3S/c1-10-18(11(2)32-24-10)34(30,31)26-16(20(28)29)9-23-17(27)8-14-7-15(25-33-14)12-3-5-13(6-4-12)19(21)22;1-5(2,3)4/h3-6,14,16,26H,7-9H2,1-2H3,(H3,21,22)(H,23,27)(H,28,29);1H3,(H,2,3,4)/t14-,16-;/m0./s1. The van der Waals surface area contributed by atoms with E-state index in [1.165, 1.54) is 13.8 Å². The number of carbonyl (C=O) groups excluding carboxylic acids is 1. The van der Waals surface area contributed by atoms with Crippen LogP contribution in [0.25, 0.3) is 0 Å². The minimum atomic E-state index is -4.24. The predicted molar refractivity (Wildman–Crippen MR) is 136 cm³/mol. The average molecular weight is 589 g/mol. The Morgan fingerprint density at radius 1 is 1.21 bits per heavy atom. The molecule has 2 atom stereocenters. The van der Waals surface area contributed by atoms with Crippen molar-refractivity contribution >= 4 is 43.6 Å². The van der Waals surface area contributed by atoms with Crippen LogP contribution in [0.2, 0.25) is 0 Å². The van der Waals surface area contributed by atoms with Crippen LogP contribution < -0.4 is 15.8 Å². The highest BCUT2D eigenvalue weighted by atomic mass is 32.2. The van der Waals surface area contributed by atoms with Crippen LogP contribution in [0.15, 0.2) is 38.8 Å². The maximum atomic E-state index is 12.6. The Bertz CT molecular complexity index is 1440. The molecule has 16 nitrogen and oxygen atoms in total. The largest absolute Gasteiger partial charge is 0.480 e. The molecule has 0 unspecified atom stereocenters. The highest BCUT2D eigenvalue weighted by Gasteiger charge is 2.31. The summed E-state index contributed by atoms with van der Waals surface area (Å²) < 4.78 is 57.9. The number of nitrogen functional groups attached to an aromatic ring is 1. The molecule has 1 aliphatic heterocycles. The highest BCUT2D eigenvalue weighted by molar-refractivity contribution is 7.89. The lowest BCUT2D eigenvalue weighted by atomic mass is 10.0. The van der Waals surface area contributed by atoms with Gasteiger partial charge in [0.05, 0.1) is 18.4 Å². The molecule has 214 valence electrons. The maximum absolute atomic E-state index is 12.6. The van der Waals surface area contributed by atoms with E-state index < -0.39 is 50.7 Å². The summed E-state index contributed by atoms with van der Waals surface area (Å²) in [7, 11) is -7.91. The van der Waals surface area contributed by atoms with Crippen LogP contribution in [-0.4, -0.2) is 80.0 Å². The third-order valence-electron chi connectivity index (χ3n) is 5.01. The smallest absolute Gasteiger partial charge is 0.323 e. The Hall–Kier alpha value is -3.87. The average Bonchev–Trinajstić information content (AvgIpc) is 3.41. The van der Waals surface area contributed by atoms with E-state index in [0.717, 1.165) is 5.56 Å². The van der Waals surface area contributed by atoms with Gasteiger partial charge in [0.1, 0.15) is 28.6 Å². The van der Waals surface area contributed by atoms with E-state index in [2.05, 4.69) is 15.6 Å². The number of hydrogen-bond donors (Lipinski definition) is 6. The quantitative estimate of drug-likeness (QED) is 0.117. The summed E-state index contributed by atoms with van der Waals surface area (Å²) in [6.45, 7) is 2.32. The fourth-order valence-corrected chi connectivity index (χ4v) is 4.85. The van der Waals surface area contributed by atoms with Crippen molar-refractivity contribution in [3.63, 3.8) is 0 Å². The van der Waals surface area contributed by atoms with Gasteiger partial charge in [0.2, 0.25) is 15.9 Å². The molecule has 0 fully saturated rings. The molecule has 18 heteroatoms. The summed E-state index contributed by atoms with van der Waals surface area (Å²) in [6.07, 6.45) is 0.382. The van der Waals surface area contributed by atoms with Crippen molar-refractivity contribution in [2.45, 2.75) is 43.7 Å². The number of benzene rings is 1. The molecule has 3 rings (SSSR count). The molecule has 0 aliphatic carbocycles. The SMILES string of the molecule is CS(=O)(=O)O.Cc1noc(C)c1S(=O)(=O)N[C@@H](CNC(=O)C[C@@H]1CC(c2ccc(C(=N)N)cc2)=NO1)C(=O)O. The number of amidine groups is 1. The minimum absolute atomic E-state index is 0.0169. The van der Waals surface area contributed by atoms with Crippen molar-refractivity contribution in [2.24, 2.45) is 10.9 Å². The number of carboxylic acid groups (broad SMARTS) is 1. The van der Waals surface area contributed by atoms with Gasteiger partial charge < -0.3 is 25.5 Å². The number of rotatable bonds is 10. The van der Waals surface area contributed by atoms with E-state index >= 15 is 0 Å². The Labute approximate surface area is 223 Å². The van der Waals surface area contributed by atoms with Gasteiger partial charge in [-0.15, -0.1) is 0 Å². The van der Waals surface area contributed by atoms with Crippen molar-refractivity contribution in [3.05, 3.63) is 46.8 Å². The first-order valence-corrected chi connectivity index (χ1v) is 14.4. The fourth-order valence-electron chi connectivity index (χ4n) is 3.33. The van der Waals surface area contributed by atoms with Gasteiger partial charge in [-0.25, -0.2) is 8.42 Å². The molecular weight excluding hydrogens is 560 g/mol. The van der Waals surface area contributed by atoms with E-state index in [4.69, 9.17) is 25.1 Å². The lowest BCUT2D eigenvalue weighted by Gasteiger charge is -2.16. The topological polar surface area (TPSA) is 264 Å². The number of aromatic nitrogens is 1. The Balaban J connectivity index is 0.000000976. The number of hydrogen-bond acceptors (Lipinski definition) is 11. The summed E-state index contributed by atoms with van der Waals surface area (Å²) in [4.78, 5) is 28.9. The molecule has 0 saturated heterocycles. The van der Waals surface area contributed by atoms with Crippen molar-refractivity contribution in [3.8, 4) is 0 Å². The molecule has 0 bridgehead atoms. The molecule has 0 saturated carbocycles. The molecular formula is C21H28N6O10S2. The number of carboxylic acids is 1. The van der Waals surface area contributed by atoms with E-state index in [9.17, 15) is 31.5 Å². The van der Waals surface area contributed by atoms with E-state index in [1.54, 1.807) is 24.3 Å². The maximum Gasteiger partial charge on any atom is 0.323 e. The number of sulfonamides is 1. The van der Waals surface area contributed by atoms with Crippen LogP contribution in [0, 0.1) is 19.3 Å². The Kier molecular flexibility index (Phi) is 10.3. The van der Waals surface area contributed by atoms with Gasteiger partial charge in [0.25, 0.3) is 10.1 Å². The number of aryl methyl sites for hydroxylation is 2. The van der Waals surface area contributed by atoms with Crippen LogP contribution in [0.4, 0.5) is 0 Å². The number of nitrogens with one attached hydrogen (secondary N) is 3. The zero-order valence-electron chi connectivity index (χ0n) is 21.0. The number of nitrogens with two attached hydrogens (primary N) is 1. The summed E-state index contributed by atoms with van der Waals surface area (Å²) in [5.41, 5.74) is 7.46. The second-order valence-corrected chi connectivity index (χ2v) is 11.5. The first-order valence-electron chi connectivity index (χ1n) is 11.0. The first kappa shape index (κ1) is 31.3. The number of carbonyl (C=O) groups is 2. The summed E-state index contributed by atoms with van der Waals surface area (Å²) in [5, 5.41) is 26.8. The molecule has 1 aliphatic rings. The molecule has 1 amide bonds. The monoisotopic (exact) mass is 588 g/mol. The first-order chi connectivity index (χ1) is 18.0. The van der Waals surface area contributed by atoms with E-state index in [-0.39, 0.29) is 28.6 Å². The highest BCUT2D eigenvalue weighted by Crippen LogP contribution is 2.20. The fraction of sp³-hybridized carbons (Fsp3) is 0.381. The molecule has 39 heavy (non-hydrogen) atoms. The number of nitrogens with zero attached hydrogens (tertiary/aromatic N) is 2. The van der Waals surface area contributed by atoms with Crippen molar-refractivity contribution < 1.29 is 45.4 Å². The molecule has 0 spiro atoms. The minimum Gasteiger partial charge on any atom is -0.480 e. The van der Waals surface area contributed by atoms with Crippen LogP contribution >= 0.6 is 0 Å². The van der Waals surface area contributed by atoms with Gasteiger partial charge in [-0.3, -0.25) is 19.6 Å². The summed E-state index contributed by atoms with van der Waals surface area (Å²) in [6, 6.07) is 5.22. The van der Waals surface area contributed by atoms with Gasteiger partial charge in [-0.2, -0.15) is 13.1 Å². The summed E-state index contributed by atoms with van der Waals surface area (Å²) >= 11 is 0. The second-order valence-electron chi connectivity index (χ2n) is 8.37. The van der Waals surface area contributed by atoms with Gasteiger partial charge in [-0.05, 0) is 19.4 Å². The molecule has 7 N–H and O–H groups in total. The normalized spacial score (nSPS) is 15.8. The Morgan fingerprint density at radius 3 is 2.28 bits per heavy atom. The van der Waals surface area contributed by atoms with E-state index in [1.807, 2.05) is 4.72 Å². The lowest BCUT2D eigenvalue weighted by molar-refractivity contribution is -0.139. The summed E-state index contributed by atoms with van der Waals surface area (Å²) in [5.74, 6) is -2.04. The van der Waals surface area contributed by atoms with Crippen molar-refractivity contribution in [1.82, 2.24) is 15.2 Å². The molecule has 1 aromatic carbocycles. The van der Waals surface area contributed by atoms with Crippen LogP contribution in [0.3, 0.4) is 0 Å². The van der Waals surface area contributed by atoms with Gasteiger partial charge in [0.15, 0.2) is 5.76 Å². The number of amides is 1. The van der Waals surface area contributed by atoms with Crippen LogP contribution in [0.1, 0.15) is 35.4 Å². The third-order valence-corrected chi connectivity index (χ3v) is 6.73. The lowest BCUT2D eigenvalue weighted by Crippen LogP contribution is -2.48. The van der Waals surface area contributed by atoms with E-state index in [0.29, 0.717) is 24.0 Å². The zero-order valence-corrected chi connectivity index (χ0v) is 22.7. The molecule has 2 heterocycles. The van der Waals surface area contributed by atoms with Crippen LogP contribution in [-0.2, 0) is 34.6 Å². The second kappa shape index (κ2) is 12.8. The van der Waals surface area contributed by atoms with Gasteiger partial charge >= 0.3 is 5.97 Å². The molecule has 2 aromatic rings. The number of aliphatic carboxylic acids is 1. The number of oxime groups is 1. The van der Waals surface area contributed by atoms with Crippen molar-refractivity contribution in [1.29, 1.82) is 5.41 Å². The van der Waals surface area contributed by atoms with Crippen molar-refractivity contribution in [2.75, 3.05) is 12.8 Å². The Morgan fingerprint density at radius 2 is 1.79 bits per heavy atom. The zero-order chi connectivity index (χ0) is 29.5.